The molecule has 1 aromatic carbocycles. The van der Waals surface area contributed by atoms with E-state index in [0.717, 1.165) is 19.5 Å². The highest BCUT2D eigenvalue weighted by atomic mass is 19.1. The molecular formula is C15H20FNO3. The van der Waals surface area contributed by atoms with Crippen LogP contribution in [-0.4, -0.2) is 44.7 Å². The minimum Gasteiger partial charge on any atom is -0.493 e. The Hall–Kier alpha value is -1.62. The van der Waals surface area contributed by atoms with E-state index >= 15 is 0 Å². The van der Waals surface area contributed by atoms with Crippen LogP contribution >= 0.6 is 0 Å². The Bertz CT molecular complexity index is 466. The van der Waals surface area contributed by atoms with Crippen LogP contribution in [0, 0.1) is 17.7 Å². The minimum absolute atomic E-state index is 0.217. The topological polar surface area (TPSA) is 38.8 Å². The van der Waals surface area contributed by atoms with E-state index in [1.54, 1.807) is 12.1 Å². The van der Waals surface area contributed by atoms with Gasteiger partial charge in [-0.05, 0) is 38.1 Å². The number of carbonyl (C=O) groups excluding carboxylic acids is 1. The number of hydrogen-bond donors (Lipinski definition) is 0. The van der Waals surface area contributed by atoms with E-state index < -0.39 is 0 Å². The van der Waals surface area contributed by atoms with Crippen LogP contribution < -0.4 is 4.74 Å². The van der Waals surface area contributed by atoms with Crippen LogP contribution in [0.2, 0.25) is 0 Å². The molecule has 5 heteroatoms. The summed E-state index contributed by atoms with van der Waals surface area (Å²) in [4.78, 5) is 14.1. The lowest BCUT2D eigenvalue weighted by Crippen LogP contribution is -2.32. The third-order valence-electron chi connectivity index (χ3n) is 3.73. The zero-order valence-electron chi connectivity index (χ0n) is 11.8. The monoisotopic (exact) mass is 281 g/mol. The van der Waals surface area contributed by atoms with Gasteiger partial charge in [0.2, 0.25) is 0 Å². The lowest BCUT2D eigenvalue weighted by atomic mass is 9.92. The Morgan fingerprint density at radius 1 is 1.55 bits per heavy atom. The van der Waals surface area contributed by atoms with Crippen LogP contribution in [-0.2, 0) is 9.53 Å². The number of halogens is 1. The molecule has 0 saturated carbocycles. The number of nitrogens with zero attached hydrogens (tertiary/aromatic N) is 1. The van der Waals surface area contributed by atoms with Crippen LogP contribution in [0.25, 0.3) is 0 Å². The van der Waals surface area contributed by atoms with E-state index in [1.165, 1.54) is 19.2 Å². The Morgan fingerprint density at radius 2 is 2.35 bits per heavy atom. The Morgan fingerprint density at radius 3 is 2.95 bits per heavy atom. The van der Waals surface area contributed by atoms with Gasteiger partial charge in [-0.1, -0.05) is 6.07 Å². The molecule has 20 heavy (non-hydrogen) atoms. The van der Waals surface area contributed by atoms with Crippen molar-refractivity contribution in [2.24, 2.45) is 11.8 Å². The Labute approximate surface area is 118 Å². The van der Waals surface area contributed by atoms with E-state index in [9.17, 15) is 9.18 Å². The second-order valence-corrected chi connectivity index (χ2v) is 5.21. The number of carbonyl (C=O) groups is 1. The van der Waals surface area contributed by atoms with Crippen molar-refractivity contribution >= 4 is 5.97 Å². The number of likely N-dealkylation sites (tertiary alicyclic amines) is 1. The van der Waals surface area contributed by atoms with Crippen LogP contribution in [0.15, 0.2) is 24.3 Å². The summed E-state index contributed by atoms with van der Waals surface area (Å²) in [6.45, 7) is 2.04. The molecule has 0 aliphatic carbocycles. The van der Waals surface area contributed by atoms with E-state index in [4.69, 9.17) is 9.47 Å². The highest BCUT2D eigenvalue weighted by Gasteiger charge is 2.34. The van der Waals surface area contributed by atoms with Gasteiger partial charge in [-0.3, -0.25) is 4.79 Å². The summed E-state index contributed by atoms with van der Waals surface area (Å²) < 4.78 is 23.5. The first-order valence-corrected chi connectivity index (χ1v) is 6.75. The Kier molecular flexibility index (Phi) is 4.95. The lowest BCUT2D eigenvalue weighted by molar-refractivity contribution is -0.148. The molecule has 1 aliphatic rings. The quantitative estimate of drug-likeness (QED) is 0.773. The molecule has 1 aliphatic heterocycles. The van der Waals surface area contributed by atoms with Gasteiger partial charge in [-0.25, -0.2) is 4.39 Å². The molecule has 0 aromatic heterocycles. The molecule has 2 atom stereocenters. The summed E-state index contributed by atoms with van der Waals surface area (Å²) in [6, 6.07) is 5.94. The molecule has 4 nitrogen and oxygen atoms in total. The molecule has 110 valence electrons. The van der Waals surface area contributed by atoms with E-state index in [-0.39, 0.29) is 30.2 Å². The van der Waals surface area contributed by atoms with Crippen molar-refractivity contribution in [3.05, 3.63) is 30.1 Å². The molecule has 0 spiro atoms. The van der Waals surface area contributed by atoms with Crippen molar-refractivity contribution < 1.29 is 18.7 Å². The van der Waals surface area contributed by atoms with Gasteiger partial charge >= 0.3 is 5.97 Å². The van der Waals surface area contributed by atoms with Crippen molar-refractivity contribution in [1.29, 1.82) is 0 Å². The van der Waals surface area contributed by atoms with Gasteiger partial charge in [0.25, 0.3) is 0 Å². The van der Waals surface area contributed by atoms with E-state index in [0.29, 0.717) is 5.75 Å². The second-order valence-electron chi connectivity index (χ2n) is 5.21. The van der Waals surface area contributed by atoms with Crippen LogP contribution in [0.1, 0.15) is 6.42 Å². The van der Waals surface area contributed by atoms with Crippen molar-refractivity contribution in [3.8, 4) is 5.75 Å². The van der Waals surface area contributed by atoms with Gasteiger partial charge in [-0.15, -0.1) is 0 Å². The van der Waals surface area contributed by atoms with Crippen LogP contribution in [0.4, 0.5) is 4.39 Å². The standard InChI is InChI=1S/C15H20FNO3/c1-17-7-6-11(9-17)14(15(18)19-2)10-20-13-5-3-4-12(16)8-13/h3-5,8,11,14H,6-7,9-10H2,1-2H3. The molecule has 1 saturated heterocycles. The maximum absolute atomic E-state index is 13.1. The van der Waals surface area contributed by atoms with Crippen LogP contribution in [0.5, 0.6) is 5.75 Å². The Balaban J connectivity index is 1.99. The minimum atomic E-state index is -0.349. The summed E-state index contributed by atoms with van der Waals surface area (Å²) in [5, 5.41) is 0. The molecule has 2 rings (SSSR count). The molecule has 1 heterocycles. The maximum atomic E-state index is 13.1. The average molecular weight is 281 g/mol. The summed E-state index contributed by atoms with van der Waals surface area (Å²) in [7, 11) is 3.41. The SMILES string of the molecule is COC(=O)C(COc1cccc(F)c1)C1CCN(C)C1. The van der Waals surface area contributed by atoms with Crippen molar-refractivity contribution in [2.45, 2.75) is 6.42 Å². The van der Waals surface area contributed by atoms with E-state index in [2.05, 4.69) is 4.90 Å². The van der Waals surface area contributed by atoms with Crippen molar-refractivity contribution in [2.75, 3.05) is 33.9 Å². The van der Waals surface area contributed by atoms with Crippen molar-refractivity contribution in [1.82, 2.24) is 4.90 Å². The molecule has 2 unspecified atom stereocenters. The highest BCUT2D eigenvalue weighted by Crippen LogP contribution is 2.25. The van der Waals surface area contributed by atoms with Crippen LogP contribution in [0.3, 0.4) is 0 Å². The molecule has 0 amide bonds. The number of methoxy groups -OCH3 is 1. The fourth-order valence-electron chi connectivity index (χ4n) is 2.59. The van der Waals surface area contributed by atoms with Gasteiger partial charge in [0, 0.05) is 12.6 Å². The normalized spacial score (nSPS) is 20.6. The van der Waals surface area contributed by atoms with E-state index in [1.807, 2.05) is 7.05 Å². The molecule has 0 N–H and O–H groups in total. The predicted octanol–water partition coefficient (Wildman–Crippen LogP) is 1.95. The summed E-state index contributed by atoms with van der Waals surface area (Å²) in [5.41, 5.74) is 0. The zero-order valence-corrected chi connectivity index (χ0v) is 11.8. The molecule has 0 bridgehead atoms. The first kappa shape index (κ1) is 14.8. The van der Waals surface area contributed by atoms with Gasteiger partial charge < -0.3 is 14.4 Å². The van der Waals surface area contributed by atoms with Gasteiger partial charge in [0.15, 0.2) is 0 Å². The van der Waals surface area contributed by atoms with Crippen molar-refractivity contribution in [3.63, 3.8) is 0 Å². The number of rotatable bonds is 5. The lowest BCUT2D eigenvalue weighted by Gasteiger charge is -2.21. The predicted molar refractivity (Wildman–Crippen MR) is 73.0 cm³/mol. The first-order chi connectivity index (χ1) is 9.60. The molecule has 1 aromatic rings. The number of esters is 1. The fraction of sp³-hybridized carbons (Fsp3) is 0.533. The van der Waals surface area contributed by atoms with Gasteiger partial charge in [-0.2, -0.15) is 0 Å². The smallest absolute Gasteiger partial charge is 0.312 e. The average Bonchev–Trinajstić information content (AvgIpc) is 2.85. The summed E-state index contributed by atoms with van der Waals surface area (Å²) in [5.74, 6) is -0.265. The van der Waals surface area contributed by atoms with Gasteiger partial charge in [0.1, 0.15) is 18.2 Å². The zero-order chi connectivity index (χ0) is 14.5. The molecule has 1 fully saturated rings. The van der Waals surface area contributed by atoms with Gasteiger partial charge in [0.05, 0.1) is 13.0 Å². The third-order valence-corrected chi connectivity index (χ3v) is 3.73. The summed E-state index contributed by atoms with van der Waals surface area (Å²) in [6.07, 6.45) is 0.947. The number of hydrogen-bond acceptors (Lipinski definition) is 4. The second kappa shape index (κ2) is 6.70. The molecular weight excluding hydrogens is 261 g/mol. The molecule has 0 radical (unpaired) electrons. The fourth-order valence-corrected chi connectivity index (χ4v) is 2.59. The maximum Gasteiger partial charge on any atom is 0.312 e. The first-order valence-electron chi connectivity index (χ1n) is 6.75. The third kappa shape index (κ3) is 3.70. The highest BCUT2D eigenvalue weighted by molar-refractivity contribution is 5.73. The largest absolute Gasteiger partial charge is 0.493 e. The summed E-state index contributed by atoms with van der Waals surface area (Å²) >= 11 is 0. The number of benzene rings is 1. The number of ether oxygens (including phenoxy) is 2.